The zero-order chi connectivity index (χ0) is 35.6. The van der Waals surface area contributed by atoms with Gasteiger partial charge in [-0.2, -0.15) is 0 Å². The van der Waals surface area contributed by atoms with Crippen molar-refractivity contribution >= 4 is 5.97 Å². The fourth-order valence-electron chi connectivity index (χ4n) is 12.3. The molecule has 10 nitrogen and oxygen atoms in total. The summed E-state index contributed by atoms with van der Waals surface area (Å²) in [6, 6.07) is 0. The van der Waals surface area contributed by atoms with Gasteiger partial charge >= 0.3 is 5.97 Å². The molecule has 0 aromatic heterocycles. The summed E-state index contributed by atoms with van der Waals surface area (Å²) in [4.78, 5) is 12.0. The Labute approximate surface area is 287 Å². The Bertz CT molecular complexity index is 1200. The average molecular weight is 681 g/mol. The number of carbonyl (C=O) groups is 1. The third kappa shape index (κ3) is 6.22. The van der Waals surface area contributed by atoms with Gasteiger partial charge in [0.05, 0.1) is 18.3 Å². The van der Waals surface area contributed by atoms with E-state index in [0.29, 0.717) is 24.7 Å². The van der Waals surface area contributed by atoms with E-state index >= 15 is 0 Å². The van der Waals surface area contributed by atoms with Crippen molar-refractivity contribution in [2.75, 3.05) is 13.7 Å². The van der Waals surface area contributed by atoms with Crippen molar-refractivity contribution < 1.29 is 49.3 Å². The number of ether oxygens (including phenoxy) is 4. The molecular formula is C38H64O10. The van der Waals surface area contributed by atoms with Crippen molar-refractivity contribution in [3.8, 4) is 0 Å². The van der Waals surface area contributed by atoms with Crippen LogP contribution in [0.5, 0.6) is 0 Å². The van der Waals surface area contributed by atoms with E-state index in [-0.39, 0.29) is 52.2 Å². The molecule has 15 unspecified atom stereocenters. The van der Waals surface area contributed by atoms with Crippen LogP contribution in [0.4, 0.5) is 0 Å². The third-order valence-corrected chi connectivity index (χ3v) is 14.7. The number of aliphatic hydroxyl groups excluding tert-OH is 4. The number of carbonyl (C=O) groups excluding carboxylic acids is 1. The number of fused-ring (bicyclic) bond motifs is 5. The zero-order valence-corrected chi connectivity index (χ0v) is 30.8. The lowest BCUT2D eigenvalue weighted by Crippen LogP contribution is -2.68. The monoisotopic (exact) mass is 680 g/mol. The molecule has 15 atom stereocenters. The number of allylic oxidation sites excluding steroid dienone is 1. The average Bonchev–Trinajstić information content (AvgIpc) is 3.36. The van der Waals surface area contributed by atoms with Gasteiger partial charge in [0.2, 0.25) is 0 Å². The summed E-state index contributed by atoms with van der Waals surface area (Å²) in [7, 11) is 1.35. The summed E-state index contributed by atoms with van der Waals surface area (Å²) < 4.78 is 22.1. The van der Waals surface area contributed by atoms with Gasteiger partial charge in [-0.1, -0.05) is 46.3 Å². The Kier molecular flexibility index (Phi) is 10.7. The van der Waals surface area contributed by atoms with Crippen LogP contribution in [-0.2, 0) is 23.7 Å². The van der Waals surface area contributed by atoms with Crippen LogP contribution >= 0.6 is 0 Å². The Morgan fingerprint density at radius 1 is 0.917 bits per heavy atom. The first kappa shape index (κ1) is 38.1. The van der Waals surface area contributed by atoms with E-state index in [9.17, 15) is 30.3 Å². The molecular weight excluding hydrogens is 616 g/mol. The van der Waals surface area contributed by atoms with Crippen molar-refractivity contribution in [2.24, 2.45) is 45.3 Å². The number of aliphatic hydroxyl groups is 5. The second-order valence-corrected chi connectivity index (χ2v) is 17.8. The van der Waals surface area contributed by atoms with Gasteiger partial charge < -0.3 is 44.5 Å². The highest BCUT2D eigenvalue weighted by atomic mass is 16.8. The van der Waals surface area contributed by atoms with Crippen molar-refractivity contribution in [1.29, 1.82) is 0 Å². The normalized spacial score (nSPS) is 48.5. The molecule has 5 aliphatic rings. The van der Waals surface area contributed by atoms with Crippen LogP contribution in [0.25, 0.3) is 0 Å². The Morgan fingerprint density at radius 2 is 1.58 bits per heavy atom. The summed E-state index contributed by atoms with van der Waals surface area (Å²) in [5, 5.41) is 54.5. The molecule has 1 aliphatic heterocycles. The number of hydrogen-bond acceptors (Lipinski definition) is 10. The molecule has 276 valence electrons. The molecule has 1 heterocycles. The molecule has 48 heavy (non-hydrogen) atoms. The number of esters is 1. The predicted octanol–water partition coefficient (Wildman–Crippen LogP) is 4.48. The zero-order valence-electron chi connectivity index (χ0n) is 30.8. The van der Waals surface area contributed by atoms with Crippen LogP contribution in [0.2, 0.25) is 0 Å². The fraction of sp³-hybridized carbons (Fsp3) is 0.921. The van der Waals surface area contributed by atoms with E-state index in [4.69, 9.17) is 18.9 Å². The molecule has 5 fully saturated rings. The van der Waals surface area contributed by atoms with Gasteiger partial charge in [0.1, 0.15) is 24.4 Å². The van der Waals surface area contributed by atoms with E-state index in [1.807, 2.05) is 19.9 Å². The Balaban J connectivity index is 1.24. The van der Waals surface area contributed by atoms with E-state index in [0.717, 1.165) is 50.5 Å². The van der Waals surface area contributed by atoms with Gasteiger partial charge in [0, 0.05) is 19.4 Å². The van der Waals surface area contributed by atoms with Crippen molar-refractivity contribution in [1.82, 2.24) is 0 Å². The Hall–Kier alpha value is -1.11. The molecule has 0 bridgehead atoms. The largest absolute Gasteiger partial charge is 0.462 e. The van der Waals surface area contributed by atoms with Crippen LogP contribution in [-0.4, -0.2) is 93.9 Å². The van der Waals surface area contributed by atoms with E-state index in [2.05, 4.69) is 34.6 Å². The maximum absolute atomic E-state index is 12.0. The van der Waals surface area contributed by atoms with Crippen LogP contribution in [0.3, 0.4) is 0 Å². The SMILES string of the molecule is COC1OC(OCC(C)=CCCC(C)(O)C2CCC3(C)C2CCC2C4(C)CCC(OC(C)=O)C(C)(C)C4C(O)CC23C)C(O)C(O)C1O. The van der Waals surface area contributed by atoms with Crippen LogP contribution in [0.15, 0.2) is 11.6 Å². The molecule has 10 heteroatoms. The van der Waals surface area contributed by atoms with E-state index in [1.54, 1.807) is 0 Å². The van der Waals surface area contributed by atoms with E-state index < -0.39 is 42.6 Å². The third-order valence-electron chi connectivity index (χ3n) is 14.7. The number of rotatable bonds is 9. The predicted molar refractivity (Wildman–Crippen MR) is 179 cm³/mol. The number of hydrogen-bond donors (Lipinski definition) is 5. The summed E-state index contributed by atoms with van der Waals surface area (Å²) in [5.41, 5.74) is -0.412. The molecule has 0 aromatic carbocycles. The molecule has 1 saturated heterocycles. The molecule has 5 N–H and O–H groups in total. The summed E-state index contributed by atoms with van der Waals surface area (Å²) in [5.74, 6) is 0.766. The minimum atomic E-state index is -1.45. The molecule has 5 rings (SSSR count). The minimum Gasteiger partial charge on any atom is -0.462 e. The lowest BCUT2D eigenvalue weighted by Gasteiger charge is -2.71. The minimum absolute atomic E-state index is 0.00492. The van der Waals surface area contributed by atoms with Gasteiger partial charge in [-0.3, -0.25) is 4.79 Å². The summed E-state index contributed by atoms with van der Waals surface area (Å²) in [6.07, 6.45) is 2.82. The van der Waals surface area contributed by atoms with Gasteiger partial charge in [-0.05, 0) is 112 Å². The highest BCUT2D eigenvalue weighted by molar-refractivity contribution is 5.66. The second-order valence-electron chi connectivity index (χ2n) is 17.8. The maximum Gasteiger partial charge on any atom is 0.302 e. The first-order valence-electron chi connectivity index (χ1n) is 18.3. The van der Waals surface area contributed by atoms with Crippen molar-refractivity contribution in [3.63, 3.8) is 0 Å². The van der Waals surface area contributed by atoms with Gasteiger partial charge in [0.25, 0.3) is 0 Å². The highest BCUT2D eigenvalue weighted by Gasteiger charge is 2.71. The van der Waals surface area contributed by atoms with Gasteiger partial charge in [-0.15, -0.1) is 0 Å². The molecule has 0 aromatic rings. The molecule has 0 amide bonds. The van der Waals surface area contributed by atoms with Crippen LogP contribution in [0, 0.1) is 45.3 Å². The first-order valence-corrected chi connectivity index (χ1v) is 18.3. The van der Waals surface area contributed by atoms with E-state index in [1.165, 1.54) is 14.0 Å². The smallest absolute Gasteiger partial charge is 0.302 e. The maximum atomic E-state index is 12.0. The van der Waals surface area contributed by atoms with Crippen molar-refractivity contribution in [2.45, 2.75) is 162 Å². The lowest BCUT2D eigenvalue weighted by molar-refractivity contribution is -0.343. The Morgan fingerprint density at radius 3 is 2.23 bits per heavy atom. The molecule has 0 radical (unpaired) electrons. The second kappa shape index (κ2) is 13.5. The molecule has 0 spiro atoms. The van der Waals surface area contributed by atoms with Crippen LogP contribution < -0.4 is 0 Å². The first-order chi connectivity index (χ1) is 22.2. The summed E-state index contributed by atoms with van der Waals surface area (Å²) >= 11 is 0. The van der Waals surface area contributed by atoms with Gasteiger partial charge in [0.15, 0.2) is 12.6 Å². The highest BCUT2D eigenvalue weighted by Crippen LogP contribution is 2.76. The summed E-state index contributed by atoms with van der Waals surface area (Å²) in [6.45, 7) is 17.2. The lowest BCUT2D eigenvalue weighted by atomic mass is 9.35. The number of methoxy groups -OCH3 is 1. The topological polar surface area (TPSA) is 155 Å². The standard InChI is InChI=1S/C38H64O10/c1-21(20-46-33-30(43)28(41)29(42)32(45-9)48-33)11-10-16-38(8,44)24-14-18-36(6)23(24)12-13-26-35(5)17-15-27(47-22(2)39)34(3,4)31(35)25(40)19-37(26,36)7/h11,23-33,40-44H,10,12-20H2,1-9H3. The fourth-order valence-corrected chi connectivity index (χ4v) is 12.3. The molecule has 4 saturated carbocycles. The van der Waals surface area contributed by atoms with Crippen molar-refractivity contribution in [3.05, 3.63) is 11.6 Å². The quantitative estimate of drug-likeness (QED) is 0.174. The van der Waals surface area contributed by atoms with Gasteiger partial charge in [-0.25, -0.2) is 0 Å². The molecule has 4 aliphatic carbocycles. The van der Waals surface area contributed by atoms with Crippen LogP contribution in [0.1, 0.15) is 113 Å².